The summed E-state index contributed by atoms with van der Waals surface area (Å²) in [6.07, 6.45) is 0.776. The molecule has 0 radical (unpaired) electrons. The van der Waals surface area contributed by atoms with E-state index in [0.29, 0.717) is 0 Å². The molecule has 0 saturated carbocycles. The molecule has 0 heterocycles. The molecule has 0 aliphatic carbocycles. The number of methoxy groups -OCH3 is 1. The van der Waals surface area contributed by atoms with Gasteiger partial charge in [0.25, 0.3) is 0 Å². The van der Waals surface area contributed by atoms with Crippen LogP contribution in [0.4, 0.5) is 0 Å². The Labute approximate surface area is 168 Å². The molecule has 0 saturated heterocycles. The SMILES string of the molecule is C=C(C)C[C@H](N[C@@H](c1ccccc1)[C@H](OC)c1ccccc1)c1ccccc1. The van der Waals surface area contributed by atoms with Gasteiger partial charge < -0.3 is 10.1 Å². The van der Waals surface area contributed by atoms with E-state index in [1.165, 1.54) is 11.1 Å². The van der Waals surface area contributed by atoms with Crippen LogP contribution in [0.5, 0.6) is 0 Å². The molecule has 0 fully saturated rings. The molecule has 0 unspecified atom stereocenters. The third-order valence-electron chi connectivity index (χ3n) is 4.98. The number of nitrogens with one attached hydrogen (secondary N) is 1. The lowest BCUT2D eigenvalue weighted by molar-refractivity contribution is 0.0629. The lowest BCUT2D eigenvalue weighted by Gasteiger charge is -2.32. The third kappa shape index (κ3) is 5.19. The van der Waals surface area contributed by atoms with Gasteiger partial charge in [0.15, 0.2) is 0 Å². The van der Waals surface area contributed by atoms with Gasteiger partial charge in [-0.25, -0.2) is 0 Å². The normalized spacial score (nSPS) is 14.2. The van der Waals surface area contributed by atoms with Crippen molar-refractivity contribution >= 4 is 0 Å². The molecule has 28 heavy (non-hydrogen) atoms. The molecule has 0 aromatic heterocycles. The highest BCUT2D eigenvalue weighted by Crippen LogP contribution is 2.35. The van der Waals surface area contributed by atoms with Gasteiger partial charge in [-0.3, -0.25) is 0 Å². The van der Waals surface area contributed by atoms with Crippen LogP contribution in [0.3, 0.4) is 0 Å². The first-order chi connectivity index (χ1) is 13.7. The molecular weight excluding hydrogens is 342 g/mol. The number of benzene rings is 3. The van der Waals surface area contributed by atoms with E-state index >= 15 is 0 Å². The van der Waals surface area contributed by atoms with Gasteiger partial charge in [-0.2, -0.15) is 0 Å². The van der Waals surface area contributed by atoms with Gasteiger partial charge in [-0.1, -0.05) is 96.6 Å². The molecule has 3 atom stereocenters. The molecule has 0 amide bonds. The first-order valence-electron chi connectivity index (χ1n) is 9.77. The zero-order valence-electron chi connectivity index (χ0n) is 16.7. The lowest BCUT2D eigenvalue weighted by atomic mass is 9.92. The van der Waals surface area contributed by atoms with Crippen molar-refractivity contribution in [2.75, 3.05) is 7.11 Å². The van der Waals surface area contributed by atoms with Crippen molar-refractivity contribution in [1.82, 2.24) is 5.32 Å². The first kappa shape index (κ1) is 20.1. The summed E-state index contributed by atoms with van der Waals surface area (Å²) < 4.78 is 6.01. The fraction of sp³-hybridized carbons (Fsp3) is 0.231. The molecular formula is C26H29NO. The Balaban J connectivity index is 1.99. The van der Waals surface area contributed by atoms with Crippen LogP contribution < -0.4 is 5.32 Å². The van der Waals surface area contributed by atoms with Gasteiger partial charge in [0, 0.05) is 13.2 Å². The zero-order valence-corrected chi connectivity index (χ0v) is 16.7. The summed E-state index contributed by atoms with van der Waals surface area (Å²) in [5, 5.41) is 3.88. The van der Waals surface area contributed by atoms with Gasteiger partial charge in [0.2, 0.25) is 0 Å². The Morgan fingerprint density at radius 3 is 1.71 bits per heavy atom. The van der Waals surface area contributed by atoms with E-state index in [4.69, 9.17) is 4.74 Å². The van der Waals surface area contributed by atoms with Gasteiger partial charge in [0.1, 0.15) is 6.10 Å². The molecule has 3 rings (SSSR count). The molecule has 3 aromatic rings. The molecule has 0 aliphatic rings. The Morgan fingerprint density at radius 2 is 1.25 bits per heavy atom. The summed E-state index contributed by atoms with van der Waals surface area (Å²) in [6, 6.07) is 31.7. The largest absolute Gasteiger partial charge is 0.375 e. The van der Waals surface area contributed by atoms with E-state index in [1.807, 2.05) is 12.1 Å². The minimum absolute atomic E-state index is 0.0122. The van der Waals surface area contributed by atoms with Gasteiger partial charge >= 0.3 is 0 Å². The summed E-state index contributed by atoms with van der Waals surface area (Å²) in [6.45, 7) is 6.24. The number of hydrogen-bond acceptors (Lipinski definition) is 2. The molecule has 1 N–H and O–H groups in total. The van der Waals surface area contributed by atoms with Crippen LogP contribution in [0.2, 0.25) is 0 Å². The van der Waals surface area contributed by atoms with Crippen molar-refractivity contribution < 1.29 is 4.74 Å². The van der Waals surface area contributed by atoms with Crippen LogP contribution in [-0.4, -0.2) is 7.11 Å². The Bertz CT molecular complexity index is 845. The quantitative estimate of drug-likeness (QED) is 0.439. The summed E-state index contributed by atoms with van der Waals surface area (Å²) in [5.74, 6) is 0. The van der Waals surface area contributed by atoms with Crippen LogP contribution in [0, 0.1) is 0 Å². The Kier molecular flexibility index (Phi) is 7.18. The van der Waals surface area contributed by atoms with E-state index in [1.54, 1.807) is 7.11 Å². The summed E-state index contributed by atoms with van der Waals surface area (Å²) in [7, 11) is 1.78. The number of rotatable bonds is 9. The van der Waals surface area contributed by atoms with Crippen molar-refractivity contribution in [3.05, 3.63) is 120 Å². The average molecular weight is 372 g/mol. The minimum atomic E-state index is -0.0973. The average Bonchev–Trinajstić information content (AvgIpc) is 2.74. The zero-order chi connectivity index (χ0) is 19.8. The molecule has 144 valence electrons. The topological polar surface area (TPSA) is 21.3 Å². The van der Waals surface area contributed by atoms with E-state index in [-0.39, 0.29) is 18.2 Å². The fourth-order valence-electron chi connectivity index (χ4n) is 3.65. The van der Waals surface area contributed by atoms with Crippen molar-refractivity contribution in [2.24, 2.45) is 0 Å². The standard InChI is InChI=1S/C26H29NO/c1-20(2)19-24(21-13-7-4-8-14-21)27-25(22-15-9-5-10-16-22)26(28-3)23-17-11-6-12-18-23/h4-18,24-27H,1,19H2,2-3H3/t24-,25-,26+/m0/s1. The third-order valence-corrected chi connectivity index (χ3v) is 4.98. The predicted octanol–water partition coefficient (Wildman–Crippen LogP) is 6.41. The second-order valence-electron chi connectivity index (χ2n) is 7.25. The summed E-state index contributed by atoms with van der Waals surface area (Å²) in [5.41, 5.74) is 4.78. The van der Waals surface area contributed by atoms with Crippen LogP contribution in [-0.2, 0) is 4.74 Å². The van der Waals surface area contributed by atoms with E-state index < -0.39 is 0 Å². The maximum Gasteiger partial charge on any atom is 0.102 e. The monoisotopic (exact) mass is 371 g/mol. The molecule has 0 bridgehead atoms. The lowest BCUT2D eigenvalue weighted by Crippen LogP contribution is -2.32. The minimum Gasteiger partial charge on any atom is -0.375 e. The van der Waals surface area contributed by atoms with Gasteiger partial charge in [0.05, 0.1) is 6.04 Å². The number of hydrogen-bond donors (Lipinski definition) is 1. The van der Waals surface area contributed by atoms with Crippen LogP contribution in [0.1, 0.15) is 48.2 Å². The summed E-state index contributed by atoms with van der Waals surface area (Å²) in [4.78, 5) is 0. The predicted molar refractivity (Wildman–Crippen MR) is 117 cm³/mol. The number of ether oxygens (including phenoxy) is 1. The van der Waals surface area contributed by atoms with E-state index in [0.717, 1.165) is 17.6 Å². The van der Waals surface area contributed by atoms with Gasteiger partial charge in [-0.05, 0) is 30.0 Å². The maximum atomic E-state index is 6.01. The van der Waals surface area contributed by atoms with Crippen LogP contribution in [0.25, 0.3) is 0 Å². The smallest absolute Gasteiger partial charge is 0.102 e. The van der Waals surface area contributed by atoms with E-state index in [2.05, 4.69) is 97.7 Å². The fourth-order valence-corrected chi connectivity index (χ4v) is 3.65. The maximum absolute atomic E-state index is 6.01. The summed E-state index contributed by atoms with van der Waals surface area (Å²) >= 11 is 0. The Hall–Kier alpha value is -2.68. The molecule has 3 aromatic carbocycles. The van der Waals surface area contributed by atoms with Crippen LogP contribution in [0.15, 0.2) is 103 Å². The highest BCUT2D eigenvalue weighted by molar-refractivity contribution is 5.28. The molecule has 2 nitrogen and oxygen atoms in total. The van der Waals surface area contributed by atoms with Crippen molar-refractivity contribution in [3.8, 4) is 0 Å². The molecule has 0 aliphatic heterocycles. The van der Waals surface area contributed by atoms with Crippen molar-refractivity contribution in [2.45, 2.75) is 31.5 Å². The second-order valence-corrected chi connectivity index (χ2v) is 7.25. The van der Waals surface area contributed by atoms with Gasteiger partial charge in [-0.15, -0.1) is 6.58 Å². The molecule has 0 spiro atoms. The second kappa shape index (κ2) is 10.0. The first-order valence-corrected chi connectivity index (χ1v) is 9.77. The Morgan fingerprint density at radius 1 is 0.786 bits per heavy atom. The highest BCUT2D eigenvalue weighted by atomic mass is 16.5. The van der Waals surface area contributed by atoms with E-state index in [9.17, 15) is 0 Å². The van der Waals surface area contributed by atoms with Crippen LogP contribution >= 0.6 is 0 Å². The highest BCUT2D eigenvalue weighted by Gasteiger charge is 2.27. The van der Waals surface area contributed by atoms with Crippen molar-refractivity contribution in [3.63, 3.8) is 0 Å². The molecule has 2 heteroatoms. The van der Waals surface area contributed by atoms with Crippen molar-refractivity contribution in [1.29, 1.82) is 0 Å².